The van der Waals surface area contributed by atoms with E-state index in [9.17, 15) is 45.4 Å². The van der Waals surface area contributed by atoms with E-state index in [0.29, 0.717) is 60.2 Å². The Bertz CT molecular complexity index is 1620. The number of rotatable bonds is 9. The van der Waals surface area contributed by atoms with Crippen molar-refractivity contribution in [2.75, 3.05) is 11.9 Å². The number of hydrogen-bond acceptors (Lipinski definition) is 4. The summed E-state index contributed by atoms with van der Waals surface area (Å²) in [6.07, 6.45) is -5.84. The zero-order chi connectivity index (χ0) is 35.1. The minimum atomic E-state index is -5.06. The van der Waals surface area contributed by atoms with Gasteiger partial charge in [0.2, 0.25) is 0 Å². The van der Waals surface area contributed by atoms with Gasteiger partial charge in [0, 0.05) is 17.2 Å². The third-order valence-corrected chi connectivity index (χ3v) is 9.57. The Morgan fingerprint density at radius 1 is 0.830 bits per heavy atom. The second kappa shape index (κ2) is 12.9. The summed E-state index contributed by atoms with van der Waals surface area (Å²) in [5, 5.41) is 12.6. The number of alkyl halides is 6. The summed E-state index contributed by atoms with van der Waals surface area (Å²) in [7, 11) is 0. The van der Waals surface area contributed by atoms with Crippen LogP contribution in [0.25, 0.3) is 11.1 Å². The Kier molecular flexibility index (Phi) is 9.86. The van der Waals surface area contributed by atoms with E-state index < -0.39 is 64.0 Å². The molecule has 1 saturated carbocycles. The van der Waals surface area contributed by atoms with Crippen LogP contribution >= 0.6 is 0 Å². The van der Waals surface area contributed by atoms with Crippen LogP contribution in [0.2, 0.25) is 0 Å². The highest BCUT2D eigenvalue weighted by Crippen LogP contribution is 2.45. The number of pyridine rings is 1. The number of nitrogens with zero attached hydrogens (tertiary/aromatic N) is 1. The van der Waals surface area contributed by atoms with E-state index in [2.05, 4.69) is 10.3 Å². The van der Waals surface area contributed by atoms with Gasteiger partial charge >= 0.3 is 18.3 Å². The predicted octanol–water partition coefficient (Wildman–Crippen LogP) is 9.58. The van der Waals surface area contributed by atoms with Crippen LogP contribution in [0.3, 0.4) is 0 Å². The Labute approximate surface area is 268 Å². The third-order valence-electron chi connectivity index (χ3n) is 9.57. The lowest BCUT2D eigenvalue weighted by Crippen LogP contribution is -2.35. The highest BCUT2D eigenvalue weighted by atomic mass is 19.4. The topological polar surface area (TPSA) is 79.3 Å². The van der Waals surface area contributed by atoms with Crippen molar-refractivity contribution in [3.8, 4) is 11.1 Å². The van der Waals surface area contributed by atoms with Gasteiger partial charge in [-0.25, -0.2) is 4.39 Å². The molecule has 1 aromatic heterocycles. The summed E-state index contributed by atoms with van der Waals surface area (Å²) >= 11 is 0. The molecule has 1 aliphatic rings. The maximum absolute atomic E-state index is 14.0. The van der Waals surface area contributed by atoms with Crippen LogP contribution in [-0.4, -0.2) is 28.4 Å². The number of aliphatic carboxylic acids is 1. The van der Waals surface area contributed by atoms with Gasteiger partial charge in [0.15, 0.2) is 5.78 Å². The summed E-state index contributed by atoms with van der Waals surface area (Å²) in [5.41, 5.74) is -3.15. The lowest BCUT2D eigenvalue weighted by atomic mass is 9.68. The average molecular weight is 667 g/mol. The van der Waals surface area contributed by atoms with Gasteiger partial charge in [-0.1, -0.05) is 6.07 Å². The molecule has 254 valence electrons. The summed E-state index contributed by atoms with van der Waals surface area (Å²) in [6.45, 7) is 7.23. The molecule has 1 aliphatic carbocycles. The predicted molar refractivity (Wildman–Crippen MR) is 163 cm³/mol. The molecule has 0 unspecified atom stereocenters. The lowest BCUT2D eigenvalue weighted by molar-refractivity contribution is -0.151. The number of aryl methyl sites for hydroxylation is 1. The molecule has 0 bridgehead atoms. The first-order valence-corrected chi connectivity index (χ1v) is 15.2. The molecule has 0 atom stereocenters. The first-order valence-electron chi connectivity index (χ1n) is 15.2. The molecule has 5 nitrogen and oxygen atoms in total. The fourth-order valence-corrected chi connectivity index (χ4v) is 6.15. The molecule has 0 radical (unpaired) electrons. The standard InChI is InChI=1S/C35H37F7N2O3/c1-19-12-25(36)10-11-26(19)27-16-28(20-6-8-21(9-7-20)33(4,5)31(46)47)43-17-29(27)44-18-30(45)32(2,3)22-13-23(34(37,38)39)15-24(14-22)35(40,41)42/h10-17,20-21,44H,6-9,18H2,1-5H3,(H,46,47)/t20-,21+. The van der Waals surface area contributed by atoms with Crippen molar-refractivity contribution < 1.29 is 45.4 Å². The molecule has 1 heterocycles. The maximum atomic E-state index is 14.0. The van der Waals surface area contributed by atoms with E-state index in [0.717, 1.165) is 5.69 Å². The quantitative estimate of drug-likeness (QED) is 0.223. The summed E-state index contributed by atoms with van der Waals surface area (Å²) in [6, 6.07) is 7.17. The second-order valence-corrected chi connectivity index (χ2v) is 13.4. The first-order chi connectivity index (χ1) is 21.6. The number of Topliss-reactive ketones (excluding diaryl/α,β-unsaturated/α-hetero) is 1. The minimum Gasteiger partial charge on any atom is -0.481 e. The fraction of sp³-hybridized carbons (Fsp3) is 0.457. The molecule has 2 aromatic carbocycles. The number of carbonyl (C=O) groups is 2. The van der Waals surface area contributed by atoms with Gasteiger partial charge < -0.3 is 10.4 Å². The fourth-order valence-electron chi connectivity index (χ4n) is 6.15. The van der Waals surface area contributed by atoms with Crippen molar-refractivity contribution >= 4 is 17.4 Å². The number of anilines is 1. The summed E-state index contributed by atoms with van der Waals surface area (Å²) < 4.78 is 95.1. The lowest BCUT2D eigenvalue weighted by Gasteiger charge is -2.36. The van der Waals surface area contributed by atoms with Crippen molar-refractivity contribution in [2.45, 2.75) is 84.0 Å². The Morgan fingerprint density at radius 2 is 1.38 bits per heavy atom. The van der Waals surface area contributed by atoms with Gasteiger partial charge in [0.25, 0.3) is 0 Å². The normalized spacial score (nSPS) is 17.8. The molecule has 1 fully saturated rings. The van der Waals surface area contributed by atoms with Crippen LogP contribution in [0, 0.1) is 24.1 Å². The van der Waals surface area contributed by atoms with Crippen molar-refractivity contribution in [2.24, 2.45) is 11.3 Å². The third kappa shape index (κ3) is 7.79. The molecular weight excluding hydrogens is 629 g/mol. The molecule has 47 heavy (non-hydrogen) atoms. The van der Waals surface area contributed by atoms with E-state index in [4.69, 9.17) is 0 Å². The average Bonchev–Trinajstić information content (AvgIpc) is 2.98. The molecule has 0 amide bonds. The number of benzene rings is 2. The van der Waals surface area contributed by atoms with Crippen LogP contribution in [0.15, 0.2) is 48.7 Å². The van der Waals surface area contributed by atoms with Gasteiger partial charge in [0.1, 0.15) is 5.82 Å². The molecular formula is C35H37F7N2O3. The van der Waals surface area contributed by atoms with Gasteiger partial charge in [-0.3, -0.25) is 14.6 Å². The zero-order valence-electron chi connectivity index (χ0n) is 26.7. The van der Waals surface area contributed by atoms with Crippen LogP contribution in [0.5, 0.6) is 0 Å². The van der Waals surface area contributed by atoms with E-state index in [1.807, 2.05) is 6.07 Å². The highest BCUT2D eigenvalue weighted by molar-refractivity contribution is 5.93. The molecule has 12 heteroatoms. The molecule has 0 saturated heterocycles. The largest absolute Gasteiger partial charge is 0.481 e. The van der Waals surface area contributed by atoms with Crippen LogP contribution < -0.4 is 5.32 Å². The monoisotopic (exact) mass is 666 g/mol. The second-order valence-electron chi connectivity index (χ2n) is 13.4. The highest BCUT2D eigenvalue weighted by Gasteiger charge is 2.41. The van der Waals surface area contributed by atoms with Crippen molar-refractivity contribution in [1.82, 2.24) is 4.98 Å². The maximum Gasteiger partial charge on any atom is 0.416 e. The SMILES string of the molecule is Cc1cc(F)ccc1-c1cc([C@H]2CC[C@@H](C(C)(C)C(=O)O)CC2)ncc1NCC(=O)C(C)(C)c1cc(C(F)(F)F)cc(C(F)(F)F)c1. The van der Waals surface area contributed by atoms with Crippen LogP contribution in [0.4, 0.5) is 36.4 Å². The smallest absolute Gasteiger partial charge is 0.416 e. The van der Waals surface area contributed by atoms with Gasteiger partial charge in [-0.05, 0) is 119 Å². The number of hydrogen-bond donors (Lipinski definition) is 2. The number of aromatic nitrogens is 1. The van der Waals surface area contributed by atoms with Crippen LogP contribution in [-0.2, 0) is 27.4 Å². The van der Waals surface area contributed by atoms with E-state index in [1.165, 1.54) is 32.2 Å². The molecule has 2 N–H and O–H groups in total. The van der Waals surface area contributed by atoms with Crippen molar-refractivity contribution in [3.05, 3.63) is 82.4 Å². The number of nitrogens with one attached hydrogen (secondary N) is 1. The van der Waals surface area contributed by atoms with Gasteiger partial charge in [-0.15, -0.1) is 0 Å². The number of halogens is 7. The van der Waals surface area contributed by atoms with Gasteiger partial charge in [0.05, 0.1) is 40.4 Å². The molecule has 3 aromatic rings. The zero-order valence-corrected chi connectivity index (χ0v) is 26.7. The summed E-state index contributed by atoms with van der Waals surface area (Å²) in [4.78, 5) is 29.8. The van der Waals surface area contributed by atoms with E-state index >= 15 is 0 Å². The van der Waals surface area contributed by atoms with E-state index in [-0.39, 0.29) is 17.9 Å². The minimum absolute atomic E-state index is 0.00518. The Balaban J connectivity index is 1.64. The number of carbonyl (C=O) groups excluding carboxylic acids is 1. The Hall–Kier alpha value is -3.96. The van der Waals surface area contributed by atoms with E-state index in [1.54, 1.807) is 26.8 Å². The number of ketones is 1. The molecule has 0 aliphatic heterocycles. The number of carboxylic acid groups (broad SMARTS) is 1. The molecule has 0 spiro atoms. The number of carboxylic acids is 1. The van der Waals surface area contributed by atoms with Crippen LogP contribution in [0.1, 0.15) is 87.2 Å². The van der Waals surface area contributed by atoms with Crippen molar-refractivity contribution in [3.63, 3.8) is 0 Å². The van der Waals surface area contributed by atoms with Crippen molar-refractivity contribution in [1.29, 1.82) is 0 Å². The van der Waals surface area contributed by atoms with Gasteiger partial charge in [-0.2, -0.15) is 26.3 Å². The summed E-state index contributed by atoms with van der Waals surface area (Å²) in [5.74, 6) is -1.96. The first kappa shape index (κ1) is 35.9. The molecule has 4 rings (SSSR count). The Morgan fingerprint density at radius 3 is 1.89 bits per heavy atom.